The number of allylic oxidation sites excluding steroid dienone is 1. The van der Waals surface area contributed by atoms with E-state index in [0.29, 0.717) is 12.2 Å². The first kappa shape index (κ1) is 13.4. The number of halogens is 3. The largest absolute Gasteiger partial charge is 0.416 e. The minimum absolute atomic E-state index is 0.105. The average Bonchev–Trinajstić information content (AvgIpc) is 2.98. The summed E-state index contributed by atoms with van der Waals surface area (Å²) in [6, 6.07) is 4.79. The van der Waals surface area contributed by atoms with Gasteiger partial charge in [-0.2, -0.15) is 13.2 Å². The summed E-state index contributed by atoms with van der Waals surface area (Å²) in [6.45, 7) is 0.578. The second kappa shape index (κ2) is 4.45. The summed E-state index contributed by atoms with van der Waals surface area (Å²) in [6.07, 6.45) is 0.450. The Balaban J connectivity index is 1.94. The zero-order valence-corrected chi connectivity index (χ0v) is 10.6. The van der Waals surface area contributed by atoms with Crippen LogP contribution in [0.15, 0.2) is 36.4 Å². The number of benzene rings is 1. The number of carbonyl (C=O) groups is 1. The number of carbonyl (C=O) groups excluding carboxylic acids is 1. The molecule has 1 aliphatic carbocycles. The summed E-state index contributed by atoms with van der Waals surface area (Å²) in [5, 5.41) is 0. The summed E-state index contributed by atoms with van der Waals surface area (Å²) < 4.78 is 43.4. The molecule has 0 aromatic heterocycles. The molecule has 0 saturated carbocycles. The molecule has 2 atom stereocenters. The third-order valence-electron chi connectivity index (χ3n) is 3.96. The first-order valence-electron chi connectivity index (χ1n) is 6.47. The van der Waals surface area contributed by atoms with Crippen LogP contribution in [-0.4, -0.2) is 18.0 Å². The van der Waals surface area contributed by atoms with Crippen molar-refractivity contribution in [2.45, 2.75) is 30.5 Å². The first-order chi connectivity index (χ1) is 9.42. The Hall–Kier alpha value is -1.62. The van der Waals surface area contributed by atoms with Gasteiger partial charge >= 0.3 is 6.18 Å². The fourth-order valence-corrected chi connectivity index (χ4v) is 3.01. The maximum absolute atomic E-state index is 12.6. The lowest BCUT2D eigenvalue weighted by Gasteiger charge is -2.28. The van der Waals surface area contributed by atoms with Crippen molar-refractivity contribution < 1.29 is 22.7 Å². The maximum atomic E-state index is 12.6. The van der Waals surface area contributed by atoms with Crippen LogP contribution in [0.2, 0.25) is 0 Å². The van der Waals surface area contributed by atoms with E-state index in [9.17, 15) is 18.0 Å². The monoisotopic (exact) mass is 282 g/mol. The topological polar surface area (TPSA) is 26.3 Å². The number of hydrogen-bond donors (Lipinski definition) is 0. The molecule has 0 amide bonds. The molecule has 1 saturated heterocycles. The van der Waals surface area contributed by atoms with Gasteiger partial charge in [0.25, 0.3) is 0 Å². The molecule has 106 valence electrons. The number of alkyl halides is 3. The fraction of sp³-hybridized carbons (Fsp3) is 0.400. The van der Waals surface area contributed by atoms with E-state index < -0.39 is 23.3 Å². The van der Waals surface area contributed by atoms with Crippen molar-refractivity contribution in [3.63, 3.8) is 0 Å². The molecule has 20 heavy (non-hydrogen) atoms. The second-order valence-corrected chi connectivity index (χ2v) is 5.20. The Kier molecular flexibility index (Phi) is 2.97. The van der Waals surface area contributed by atoms with Crippen molar-refractivity contribution in [1.29, 1.82) is 0 Å². The zero-order valence-electron chi connectivity index (χ0n) is 10.6. The molecule has 2 nitrogen and oxygen atoms in total. The minimum Gasteiger partial charge on any atom is -0.370 e. The lowest BCUT2D eigenvalue weighted by Crippen LogP contribution is -2.33. The number of hydrogen-bond acceptors (Lipinski definition) is 2. The summed E-state index contributed by atoms with van der Waals surface area (Å²) in [5.74, 6) is -0.626. The molecule has 1 aliphatic heterocycles. The molecule has 2 aliphatic rings. The summed E-state index contributed by atoms with van der Waals surface area (Å²) in [5.41, 5.74) is -0.785. The van der Waals surface area contributed by atoms with Crippen molar-refractivity contribution in [2.75, 3.05) is 6.61 Å². The van der Waals surface area contributed by atoms with Crippen molar-refractivity contribution in [1.82, 2.24) is 0 Å². The van der Waals surface area contributed by atoms with E-state index in [4.69, 9.17) is 4.74 Å². The third-order valence-corrected chi connectivity index (χ3v) is 3.96. The van der Waals surface area contributed by atoms with E-state index in [-0.39, 0.29) is 5.78 Å². The number of ether oxygens (including phenoxy) is 1. The average molecular weight is 282 g/mol. The van der Waals surface area contributed by atoms with Crippen molar-refractivity contribution in [3.05, 3.63) is 47.5 Å². The van der Waals surface area contributed by atoms with E-state index in [1.54, 1.807) is 6.08 Å². The van der Waals surface area contributed by atoms with Gasteiger partial charge in [-0.3, -0.25) is 4.79 Å². The molecule has 0 unspecified atom stereocenters. The number of ketones is 1. The Labute approximate surface area is 114 Å². The Morgan fingerprint density at radius 2 is 1.90 bits per heavy atom. The fourth-order valence-electron chi connectivity index (χ4n) is 3.01. The van der Waals surface area contributed by atoms with Gasteiger partial charge in [0.1, 0.15) is 5.60 Å². The quantitative estimate of drug-likeness (QED) is 0.788. The third kappa shape index (κ3) is 2.06. The summed E-state index contributed by atoms with van der Waals surface area (Å²) in [7, 11) is 0. The van der Waals surface area contributed by atoms with Gasteiger partial charge in [-0.15, -0.1) is 0 Å². The first-order valence-corrected chi connectivity index (χ1v) is 6.47. The highest BCUT2D eigenvalue weighted by molar-refractivity contribution is 6.00. The van der Waals surface area contributed by atoms with E-state index in [0.717, 1.165) is 25.0 Å². The van der Waals surface area contributed by atoms with Crippen LogP contribution in [0.1, 0.15) is 29.9 Å². The van der Waals surface area contributed by atoms with Gasteiger partial charge in [0.2, 0.25) is 0 Å². The van der Waals surface area contributed by atoms with Gasteiger partial charge in [-0.05, 0) is 42.7 Å². The Bertz CT molecular complexity index is 551. The van der Waals surface area contributed by atoms with Crippen molar-refractivity contribution >= 4 is 5.78 Å². The predicted octanol–water partition coefficient (Wildman–Crippen LogP) is 3.48. The second-order valence-electron chi connectivity index (χ2n) is 5.20. The van der Waals surface area contributed by atoms with Crippen LogP contribution in [0, 0.1) is 0 Å². The van der Waals surface area contributed by atoms with Gasteiger partial charge in [0, 0.05) is 6.61 Å². The van der Waals surface area contributed by atoms with E-state index in [1.807, 2.05) is 0 Å². The summed E-state index contributed by atoms with van der Waals surface area (Å²) >= 11 is 0. The lowest BCUT2D eigenvalue weighted by atomic mass is 9.82. The molecule has 1 fully saturated rings. The van der Waals surface area contributed by atoms with Crippen LogP contribution >= 0.6 is 0 Å². The van der Waals surface area contributed by atoms with Crippen LogP contribution < -0.4 is 0 Å². The molecule has 1 aromatic carbocycles. The van der Waals surface area contributed by atoms with E-state index in [1.165, 1.54) is 18.2 Å². The van der Waals surface area contributed by atoms with E-state index in [2.05, 4.69) is 0 Å². The SMILES string of the molecule is O=C1C=C[C@]2(CCCO2)[C@@H]1c1ccc(C(F)(F)F)cc1. The molecule has 0 radical (unpaired) electrons. The highest BCUT2D eigenvalue weighted by Crippen LogP contribution is 2.45. The lowest BCUT2D eigenvalue weighted by molar-refractivity contribution is -0.137. The van der Waals surface area contributed by atoms with Gasteiger partial charge < -0.3 is 4.74 Å². The minimum atomic E-state index is -4.36. The standard InChI is InChI=1S/C15H13F3O2/c16-15(17,18)11-4-2-10(3-5-11)13-12(19)6-8-14(13)7-1-9-20-14/h2-6,8,13H,1,7,9H2/t13-,14-/m1/s1. The Morgan fingerprint density at radius 1 is 1.20 bits per heavy atom. The zero-order chi connectivity index (χ0) is 14.4. The molecule has 0 bridgehead atoms. The van der Waals surface area contributed by atoms with Crippen molar-refractivity contribution in [3.8, 4) is 0 Å². The number of rotatable bonds is 1. The van der Waals surface area contributed by atoms with Gasteiger partial charge in [0.05, 0.1) is 11.5 Å². The molecule has 1 heterocycles. The van der Waals surface area contributed by atoms with Crippen LogP contribution in [-0.2, 0) is 15.7 Å². The molecular weight excluding hydrogens is 269 g/mol. The normalized spacial score (nSPS) is 29.6. The maximum Gasteiger partial charge on any atom is 0.416 e. The molecule has 1 aromatic rings. The van der Waals surface area contributed by atoms with E-state index >= 15 is 0 Å². The molecular formula is C15H13F3O2. The van der Waals surface area contributed by atoms with Gasteiger partial charge in [-0.25, -0.2) is 0 Å². The van der Waals surface area contributed by atoms with Crippen LogP contribution in [0.4, 0.5) is 13.2 Å². The highest BCUT2D eigenvalue weighted by Gasteiger charge is 2.48. The van der Waals surface area contributed by atoms with Crippen LogP contribution in [0.3, 0.4) is 0 Å². The Morgan fingerprint density at radius 3 is 2.45 bits per heavy atom. The molecule has 3 rings (SSSR count). The van der Waals surface area contributed by atoms with Crippen molar-refractivity contribution in [2.24, 2.45) is 0 Å². The molecule has 1 spiro atoms. The summed E-state index contributed by atoms with van der Waals surface area (Å²) in [4.78, 5) is 12.0. The molecule has 5 heteroatoms. The van der Waals surface area contributed by atoms with Crippen LogP contribution in [0.5, 0.6) is 0 Å². The highest BCUT2D eigenvalue weighted by atomic mass is 19.4. The predicted molar refractivity (Wildman–Crippen MR) is 66.2 cm³/mol. The van der Waals surface area contributed by atoms with Crippen LogP contribution in [0.25, 0.3) is 0 Å². The van der Waals surface area contributed by atoms with Gasteiger partial charge in [-0.1, -0.05) is 12.1 Å². The smallest absolute Gasteiger partial charge is 0.370 e. The van der Waals surface area contributed by atoms with Gasteiger partial charge in [0.15, 0.2) is 5.78 Å². The molecule has 0 N–H and O–H groups in total.